The van der Waals surface area contributed by atoms with Crippen molar-refractivity contribution in [2.45, 2.75) is 25.5 Å². The third-order valence-electron chi connectivity index (χ3n) is 3.28. The third kappa shape index (κ3) is 4.65. The van der Waals surface area contributed by atoms with Gasteiger partial charge in [0.25, 0.3) is 0 Å². The maximum Gasteiger partial charge on any atom is 0.246 e. The minimum absolute atomic E-state index is 0.0998. The minimum atomic E-state index is -0.120. The Bertz CT molecular complexity index is 490. The average molecular weight is 273 g/mol. The molecule has 0 atom stereocenters. The van der Waals surface area contributed by atoms with Crippen LogP contribution < -0.4 is 10.6 Å². The number of rotatable bonds is 5. The molecule has 0 aliphatic carbocycles. The standard InChI is InChI=1S/C15H19N3O2/c16-9-12-2-1-3-13(8-12)10-18-15(19)11-20-14-4-6-17-7-5-14/h1-3,8,14,17H,4-7,10-11H2,(H,18,19). The SMILES string of the molecule is N#Cc1cccc(CNC(=O)COC2CCNCC2)c1. The van der Waals surface area contributed by atoms with Gasteiger partial charge in [0.15, 0.2) is 0 Å². The van der Waals surface area contributed by atoms with E-state index in [9.17, 15) is 4.79 Å². The lowest BCUT2D eigenvalue weighted by Gasteiger charge is -2.22. The Balaban J connectivity index is 1.70. The highest BCUT2D eigenvalue weighted by molar-refractivity contribution is 5.77. The Labute approximate surface area is 118 Å². The fourth-order valence-corrected chi connectivity index (χ4v) is 2.16. The van der Waals surface area contributed by atoms with E-state index in [1.807, 2.05) is 12.1 Å². The number of benzene rings is 1. The Morgan fingerprint density at radius 2 is 2.25 bits per heavy atom. The van der Waals surface area contributed by atoms with Crippen LogP contribution in [0.25, 0.3) is 0 Å². The number of nitriles is 1. The van der Waals surface area contributed by atoms with Crippen molar-refractivity contribution in [1.29, 1.82) is 5.26 Å². The molecule has 2 N–H and O–H groups in total. The first-order valence-corrected chi connectivity index (χ1v) is 6.86. The summed E-state index contributed by atoms with van der Waals surface area (Å²) in [6.07, 6.45) is 2.10. The lowest BCUT2D eigenvalue weighted by molar-refractivity contribution is -0.128. The zero-order valence-corrected chi connectivity index (χ0v) is 11.4. The van der Waals surface area contributed by atoms with Crippen molar-refractivity contribution in [1.82, 2.24) is 10.6 Å². The van der Waals surface area contributed by atoms with Gasteiger partial charge < -0.3 is 15.4 Å². The molecule has 1 aromatic carbocycles. The second kappa shape index (κ2) is 7.63. The fraction of sp³-hybridized carbons (Fsp3) is 0.467. The van der Waals surface area contributed by atoms with Crippen LogP contribution in [-0.4, -0.2) is 31.7 Å². The van der Waals surface area contributed by atoms with Crippen LogP contribution in [0.2, 0.25) is 0 Å². The van der Waals surface area contributed by atoms with Crippen molar-refractivity contribution in [3.05, 3.63) is 35.4 Å². The van der Waals surface area contributed by atoms with Gasteiger partial charge in [0.05, 0.1) is 17.7 Å². The van der Waals surface area contributed by atoms with Crippen LogP contribution in [0.4, 0.5) is 0 Å². The van der Waals surface area contributed by atoms with E-state index in [1.54, 1.807) is 12.1 Å². The Morgan fingerprint density at radius 3 is 3.00 bits per heavy atom. The average Bonchev–Trinajstić information content (AvgIpc) is 2.52. The smallest absolute Gasteiger partial charge is 0.246 e. The molecular weight excluding hydrogens is 254 g/mol. The molecule has 20 heavy (non-hydrogen) atoms. The van der Waals surface area contributed by atoms with Crippen LogP contribution in [0.1, 0.15) is 24.0 Å². The highest BCUT2D eigenvalue weighted by Crippen LogP contribution is 2.07. The second-order valence-corrected chi connectivity index (χ2v) is 4.85. The van der Waals surface area contributed by atoms with Gasteiger partial charge in [-0.2, -0.15) is 5.26 Å². The third-order valence-corrected chi connectivity index (χ3v) is 3.28. The molecule has 1 saturated heterocycles. The summed E-state index contributed by atoms with van der Waals surface area (Å²) in [6.45, 7) is 2.42. The summed E-state index contributed by atoms with van der Waals surface area (Å²) in [6, 6.07) is 9.29. The van der Waals surface area contributed by atoms with Crippen molar-refractivity contribution < 1.29 is 9.53 Å². The number of hydrogen-bond acceptors (Lipinski definition) is 4. The maximum absolute atomic E-state index is 11.7. The normalized spacial score (nSPS) is 15.6. The van der Waals surface area contributed by atoms with Crippen molar-refractivity contribution in [3.8, 4) is 6.07 Å². The van der Waals surface area contributed by atoms with E-state index in [4.69, 9.17) is 10.00 Å². The van der Waals surface area contributed by atoms with Crippen LogP contribution in [0.15, 0.2) is 24.3 Å². The molecule has 1 amide bonds. The monoisotopic (exact) mass is 273 g/mol. The Hall–Kier alpha value is -1.90. The summed E-state index contributed by atoms with van der Waals surface area (Å²) in [5.41, 5.74) is 1.52. The molecule has 106 valence electrons. The van der Waals surface area contributed by atoms with Crippen LogP contribution in [-0.2, 0) is 16.1 Å². The molecule has 1 heterocycles. The largest absolute Gasteiger partial charge is 0.368 e. The first kappa shape index (κ1) is 14.5. The van der Waals surface area contributed by atoms with Gasteiger partial charge in [0.1, 0.15) is 6.61 Å². The minimum Gasteiger partial charge on any atom is -0.368 e. The maximum atomic E-state index is 11.7. The first-order chi connectivity index (χ1) is 9.78. The van der Waals surface area contributed by atoms with E-state index in [0.717, 1.165) is 31.5 Å². The number of carbonyl (C=O) groups excluding carboxylic acids is 1. The Kier molecular flexibility index (Phi) is 5.54. The van der Waals surface area contributed by atoms with Crippen molar-refractivity contribution in [3.63, 3.8) is 0 Å². The number of amides is 1. The molecule has 0 unspecified atom stereocenters. The number of carbonyl (C=O) groups is 1. The summed E-state index contributed by atoms with van der Waals surface area (Å²) in [5.74, 6) is -0.120. The van der Waals surface area contributed by atoms with Gasteiger partial charge in [-0.1, -0.05) is 12.1 Å². The summed E-state index contributed by atoms with van der Waals surface area (Å²) in [4.78, 5) is 11.7. The van der Waals surface area contributed by atoms with Gasteiger partial charge >= 0.3 is 0 Å². The Morgan fingerprint density at radius 1 is 1.45 bits per heavy atom. The van der Waals surface area contributed by atoms with Gasteiger partial charge in [-0.3, -0.25) is 4.79 Å². The predicted octanol–water partition coefficient (Wildman–Crippen LogP) is 0.943. The number of nitrogens with zero attached hydrogens (tertiary/aromatic N) is 1. The van der Waals surface area contributed by atoms with Crippen molar-refractivity contribution in [2.24, 2.45) is 0 Å². The zero-order chi connectivity index (χ0) is 14.2. The van der Waals surface area contributed by atoms with Crippen LogP contribution in [0.5, 0.6) is 0 Å². The molecule has 0 saturated carbocycles. The van der Waals surface area contributed by atoms with Crippen LogP contribution in [0.3, 0.4) is 0 Å². The quantitative estimate of drug-likeness (QED) is 0.837. The molecule has 0 spiro atoms. The van der Waals surface area contributed by atoms with Gasteiger partial charge in [0, 0.05) is 6.54 Å². The first-order valence-electron chi connectivity index (χ1n) is 6.86. The predicted molar refractivity (Wildman–Crippen MR) is 74.8 cm³/mol. The topological polar surface area (TPSA) is 74.2 Å². The van der Waals surface area contributed by atoms with Crippen molar-refractivity contribution >= 4 is 5.91 Å². The summed E-state index contributed by atoms with van der Waals surface area (Å²) in [7, 11) is 0. The zero-order valence-electron chi connectivity index (χ0n) is 11.4. The van der Waals surface area contributed by atoms with Gasteiger partial charge in [0.2, 0.25) is 5.91 Å². The van der Waals surface area contributed by atoms with Gasteiger partial charge in [-0.05, 0) is 43.6 Å². The molecule has 1 fully saturated rings. The van der Waals surface area contributed by atoms with Crippen molar-refractivity contribution in [2.75, 3.05) is 19.7 Å². The molecule has 1 aliphatic heterocycles. The summed E-state index contributed by atoms with van der Waals surface area (Å²) in [5, 5.41) is 14.9. The molecule has 1 aromatic rings. The van der Waals surface area contributed by atoms with E-state index in [2.05, 4.69) is 16.7 Å². The molecule has 0 radical (unpaired) electrons. The van der Waals surface area contributed by atoms with E-state index in [-0.39, 0.29) is 18.6 Å². The van der Waals surface area contributed by atoms with Crippen LogP contribution in [0, 0.1) is 11.3 Å². The van der Waals surface area contributed by atoms with E-state index >= 15 is 0 Å². The van der Waals surface area contributed by atoms with Gasteiger partial charge in [-0.25, -0.2) is 0 Å². The molecule has 0 bridgehead atoms. The van der Waals surface area contributed by atoms with Gasteiger partial charge in [-0.15, -0.1) is 0 Å². The number of ether oxygens (including phenoxy) is 1. The molecular formula is C15H19N3O2. The molecule has 1 aliphatic rings. The lowest BCUT2D eigenvalue weighted by Crippen LogP contribution is -2.35. The van der Waals surface area contributed by atoms with E-state index < -0.39 is 0 Å². The summed E-state index contributed by atoms with van der Waals surface area (Å²) < 4.78 is 5.57. The molecule has 0 aromatic heterocycles. The molecule has 2 rings (SSSR count). The molecule has 5 nitrogen and oxygen atoms in total. The second-order valence-electron chi connectivity index (χ2n) is 4.85. The van der Waals surface area contributed by atoms with E-state index in [1.165, 1.54) is 0 Å². The van der Waals surface area contributed by atoms with E-state index in [0.29, 0.717) is 12.1 Å². The highest BCUT2D eigenvalue weighted by atomic mass is 16.5. The number of hydrogen-bond donors (Lipinski definition) is 2. The highest BCUT2D eigenvalue weighted by Gasteiger charge is 2.14. The number of piperidine rings is 1. The lowest BCUT2D eigenvalue weighted by atomic mass is 10.1. The molecule has 5 heteroatoms. The fourth-order valence-electron chi connectivity index (χ4n) is 2.16. The summed E-state index contributed by atoms with van der Waals surface area (Å²) >= 11 is 0. The number of nitrogens with one attached hydrogen (secondary N) is 2. The van der Waals surface area contributed by atoms with Crippen LogP contribution >= 0.6 is 0 Å².